The van der Waals surface area contributed by atoms with Crippen LogP contribution in [-0.4, -0.2) is 89.1 Å². The Hall–Kier alpha value is -4.10. The van der Waals surface area contributed by atoms with E-state index in [1.54, 1.807) is 0 Å². The second-order valence-corrected chi connectivity index (χ2v) is 12.0. The Labute approximate surface area is 282 Å². The highest BCUT2D eigenvalue weighted by atomic mass is 16.6. The van der Waals surface area contributed by atoms with Gasteiger partial charge in [-0.05, 0) is 40.7 Å². The van der Waals surface area contributed by atoms with Crippen molar-refractivity contribution in [3.63, 3.8) is 0 Å². The Morgan fingerprint density at radius 1 is 0.729 bits per heavy atom. The molecule has 1 aliphatic heterocycles. The van der Waals surface area contributed by atoms with Crippen molar-refractivity contribution in [1.29, 1.82) is 0 Å². The normalized spacial score (nSPS) is 13.9. The summed E-state index contributed by atoms with van der Waals surface area (Å²) in [5, 5.41) is 5.43. The standard InChI is InChI=1S/C36H48N4O8/c1-25(2)35(36(37)44)39-33(42)13-15-45-17-19-47-21-22-48-20-18-46-16-14-38-32(41)11-12-34(43)40-24-26-7-3-4-8-27(26)29-23-30(29)28-9-5-6-10-31(28)40/h3-10,25,35H,11-24H2,1-2H3,(H2,37,44)(H,38,41)(H,39,42)/t35-/m0/s1. The van der Waals surface area contributed by atoms with Gasteiger partial charge in [0.1, 0.15) is 6.04 Å². The van der Waals surface area contributed by atoms with Crippen LogP contribution in [0.25, 0.3) is 11.1 Å². The number of para-hydroxylation sites is 1. The summed E-state index contributed by atoms with van der Waals surface area (Å²) in [4.78, 5) is 50.9. The highest BCUT2D eigenvalue weighted by molar-refractivity contribution is 6.13. The number of anilines is 1. The molecule has 1 atom stereocenters. The molecule has 4 amide bonds. The third-order valence-corrected chi connectivity index (χ3v) is 8.10. The van der Waals surface area contributed by atoms with Crippen LogP contribution in [0.1, 0.15) is 56.2 Å². The maximum atomic E-state index is 13.4. The molecule has 4 N–H and O–H groups in total. The number of fused-ring (bicyclic) bond motifs is 4. The minimum absolute atomic E-state index is 0.0791. The van der Waals surface area contributed by atoms with Crippen molar-refractivity contribution in [2.24, 2.45) is 11.7 Å². The molecule has 2 aromatic carbocycles. The van der Waals surface area contributed by atoms with E-state index in [1.807, 2.05) is 49.1 Å². The van der Waals surface area contributed by atoms with Crippen molar-refractivity contribution in [3.8, 4) is 0 Å². The number of nitrogens with zero attached hydrogens (tertiary/aromatic N) is 1. The zero-order valence-corrected chi connectivity index (χ0v) is 28.0. The molecule has 2 aliphatic rings. The molecule has 260 valence electrons. The van der Waals surface area contributed by atoms with E-state index in [0.717, 1.165) is 23.2 Å². The second kappa shape index (κ2) is 19.0. The maximum Gasteiger partial charge on any atom is 0.240 e. The first-order valence-electron chi connectivity index (χ1n) is 16.6. The third kappa shape index (κ3) is 11.3. The van der Waals surface area contributed by atoms with Gasteiger partial charge >= 0.3 is 0 Å². The number of carbonyl (C=O) groups excluding carboxylic acids is 4. The first-order chi connectivity index (χ1) is 23.3. The molecule has 2 aromatic rings. The van der Waals surface area contributed by atoms with Gasteiger partial charge in [0.2, 0.25) is 23.6 Å². The fourth-order valence-electron chi connectivity index (χ4n) is 5.49. The zero-order chi connectivity index (χ0) is 34.3. The van der Waals surface area contributed by atoms with E-state index in [-0.39, 0.29) is 49.5 Å². The molecule has 0 unspecified atom stereocenters. The van der Waals surface area contributed by atoms with Crippen LogP contribution in [0, 0.1) is 5.92 Å². The second-order valence-electron chi connectivity index (χ2n) is 12.0. The van der Waals surface area contributed by atoms with Crippen molar-refractivity contribution in [3.05, 3.63) is 65.2 Å². The van der Waals surface area contributed by atoms with Crippen LogP contribution < -0.4 is 21.3 Å². The van der Waals surface area contributed by atoms with E-state index in [4.69, 9.17) is 24.7 Å². The molecule has 1 aliphatic carbocycles. The number of nitrogens with two attached hydrogens (primary N) is 1. The van der Waals surface area contributed by atoms with E-state index in [0.29, 0.717) is 59.3 Å². The summed E-state index contributed by atoms with van der Waals surface area (Å²) in [6.45, 7) is 7.24. The van der Waals surface area contributed by atoms with Crippen molar-refractivity contribution in [1.82, 2.24) is 10.6 Å². The Morgan fingerprint density at radius 2 is 1.31 bits per heavy atom. The molecule has 12 nitrogen and oxygen atoms in total. The van der Waals surface area contributed by atoms with Crippen LogP contribution >= 0.6 is 0 Å². The molecule has 1 heterocycles. The van der Waals surface area contributed by atoms with Crippen molar-refractivity contribution < 1.29 is 38.1 Å². The number of primary amides is 1. The average molecular weight is 665 g/mol. The quantitative estimate of drug-likeness (QED) is 0.172. The van der Waals surface area contributed by atoms with E-state index < -0.39 is 11.9 Å². The van der Waals surface area contributed by atoms with Gasteiger partial charge in [-0.1, -0.05) is 56.3 Å². The van der Waals surface area contributed by atoms with Gasteiger partial charge in [-0.25, -0.2) is 0 Å². The average Bonchev–Trinajstić information content (AvgIpc) is 3.86. The minimum Gasteiger partial charge on any atom is -0.379 e. The van der Waals surface area contributed by atoms with E-state index in [2.05, 4.69) is 28.8 Å². The number of amides is 4. The van der Waals surface area contributed by atoms with E-state index >= 15 is 0 Å². The molecule has 4 rings (SSSR count). The molecule has 0 spiro atoms. The number of nitrogens with one attached hydrogen (secondary N) is 2. The topological polar surface area (TPSA) is 159 Å². The summed E-state index contributed by atoms with van der Waals surface area (Å²) in [6, 6.07) is 15.5. The lowest BCUT2D eigenvalue weighted by Crippen LogP contribution is -2.47. The number of benzene rings is 2. The van der Waals surface area contributed by atoms with Gasteiger partial charge in [0.05, 0.1) is 65.1 Å². The fraction of sp³-hybridized carbons (Fsp3) is 0.500. The van der Waals surface area contributed by atoms with Crippen LogP contribution in [0.2, 0.25) is 0 Å². The number of ether oxygens (including phenoxy) is 4. The molecular formula is C36H48N4O8. The number of hydrogen-bond donors (Lipinski definition) is 3. The van der Waals surface area contributed by atoms with E-state index in [9.17, 15) is 19.2 Å². The summed E-state index contributed by atoms with van der Waals surface area (Å²) in [5.41, 5.74) is 12.3. The molecule has 48 heavy (non-hydrogen) atoms. The van der Waals surface area contributed by atoms with Crippen LogP contribution in [-0.2, 0) is 44.7 Å². The lowest BCUT2D eigenvalue weighted by Gasteiger charge is -2.27. The molecule has 12 heteroatoms. The number of carbonyl (C=O) groups is 4. The van der Waals surface area contributed by atoms with Gasteiger partial charge < -0.3 is 40.2 Å². The summed E-state index contributed by atoms with van der Waals surface area (Å²) in [6.07, 6.45) is 1.29. The molecule has 0 fully saturated rings. The molecule has 0 radical (unpaired) electrons. The molecular weight excluding hydrogens is 616 g/mol. The number of hydrogen-bond acceptors (Lipinski definition) is 8. The van der Waals surface area contributed by atoms with Gasteiger partial charge in [0.25, 0.3) is 0 Å². The van der Waals surface area contributed by atoms with Crippen LogP contribution in [0.3, 0.4) is 0 Å². The Kier molecular flexibility index (Phi) is 14.6. The largest absolute Gasteiger partial charge is 0.379 e. The zero-order valence-electron chi connectivity index (χ0n) is 28.0. The predicted molar refractivity (Wildman–Crippen MR) is 182 cm³/mol. The Morgan fingerprint density at radius 3 is 1.98 bits per heavy atom. The number of allylic oxidation sites excluding steroid dienone is 2. The highest BCUT2D eigenvalue weighted by Crippen LogP contribution is 2.52. The molecule has 0 saturated heterocycles. The SMILES string of the molecule is CC(C)[C@H](NC(=O)CCOCCOCCOCCOCCNC(=O)CCC(=O)N1Cc2ccccc2C2=C(C2)c2ccccc21)C(N)=O. The van der Waals surface area contributed by atoms with Crippen LogP contribution in [0.15, 0.2) is 48.5 Å². The van der Waals surface area contributed by atoms with Crippen molar-refractivity contribution in [2.45, 2.75) is 52.1 Å². The van der Waals surface area contributed by atoms with E-state index in [1.165, 1.54) is 16.7 Å². The lowest BCUT2D eigenvalue weighted by atomic mass is 10.0. The van der Waals surface area contributed by atoms with Crippen molar-refractivity contribution >= 4 is 40.5 Å². The first kappa shape index (κ1) is 36.7. The Balaban J connectivity index is 0.991. The van der Waals surface area contributed by atoms with Gasteiger partial charge in [-0.15, -0.1) is 0 Å². The maximum absolute atomic E-state index is 13.4. The van der Waals surface area contributed by atoms with Gasteiger partial charge in [-0.3, -0.25) is 19.2 Å². The number of rotatable bonds is 21. The lowest BCUT2D eigenvalue weighted by molar-refractivity contribution is -0.129. The Bertz CT molecular complexity index is 1440. The third-order valence-electron chi connectivity index (χ3n) is 8.10. The molecule has 0 bridgehead atoms. The summed E-state index contributed by atoms with van der Waals surface area (Å²) in [5.74, 6) is -1.20. The van der Waals surface area contributed by atoms with Crippen LogP contribution in [0.4, 0.5) is 5.69 Å². The smallest absolute Gasteiger partial charge is 0.240 e. The minimum atomic E-state index is -0.691. The van der Waals surface area contributed by atoms with Gasteiger partial charge in [0, 0.05) is 31.4 Å². The van der Waals surface area contributed by atoms with Crippen LogP contribution in [0.5, 0.6) is 0 Å². The van der Waals surface area contributed by atoms with Gasteiger partial charge in [-0.2, -0.15) is 0 Å². The predicted octanol–water partition coefficient (Wildman–Crippen LogP) is 2.83. The first-order valence-corrected chi connectivity index (χ1v) is 16.6. The van der Waals surface area contributed by atoms with Gasteiger partial charge in [0.15, 0.2) is 0 Å². The molecule has 0 saturated carbocycles. The fourth-order valence-corrected chi connectivity index (χ4v) is 5.49. The summed E-state index contributed by atoms with van der Waals surface area (Å²) >= 11 is 0. The summed E-state index contributed by atoms with van der Waals surface area (Å²) in [7, 11) is 0. The monoisotopic (exact) mass is 664 g/mol. The molecule has 0 aromatic heterocycles. The summed E-state index contributed by atoms with van der Waals surface area (Å²) < 4.78 is 21.8. The van der Waals surface area contributed by atoms with Crippen molar-refractivity contribution in [2.75, 3.05) is 64.3 Å². The highest BCUT2D eigenvalue weighted by Gasteiger charge is 2.33.